The highest BCUT2D eigenvalue weighted by Crippen LogP contribution is 2.35. The van der Waals surface area contributed by atoms with Gasteiger partial charge in [-0.2, -0.15) is 0 Å². The normalized spacial score (nSPS) is 18.5. The lowest BCUT2D eigenvalue weighted by atomic mass is 9.89. The molecule has 8 heteroatoms. The quantitative estimate of drug-likeness (QED) is 0.603. The van der Waals surface area contributed by atoms with Crippen molar-refractivity contribution in [3.63, 3.8) is 0 Å². The third kappa shape index (κ3) is 5.06. The average molecular weight is 481 g/mol. The van der Waals surface area contributed by atoms with Crippen LogP contribution in [0.3, 0.4) is 0 Å². The van der Waals surface area contributed by atoms with Gasteiger partial charge < -0.3 is 19.7 Å². The van der Waals surface area contributed by atoms with Gasteiger partial charge in [-0.3, -0.25) is 9.88 Å². The highest BCUT2D eigenvalue weighted by Gasteiger charge is 2.26. The van der Waals surface area contributed by atoms with Crippen LogP contribution < -0.4 is 5.32 Å². The van der Waals surface area contributed by atoms with Crippen LogP contribution in [0.25, 0.3) is 16.6 Å². The largest absolute Gasteiger partial charge is 0.337 e. The van der Waals surface area contributed by atoms with E-state index in [9.17, 15) is 4.79 Å². The van der Waals surface area contributed by atoms with E-state index in [-0.39, 0.29) is 6.03 Å². The van der Waals surface area contributed by atoms with E-state index < -0.39 is 0 Å². The van der Waals surface area contributed by atoms with Crippen molar-refractivity contribution in [1.29, 1.82) is 0 Å². The maximum atomic E-state index is 12.7. The van der Waals surface area contributed by atoms with Crippen LogP contribution in [0.1, 0.15) is 24.3 Å². The summed E-state index contributed by atoms with van der Waals surface area (Å²) in [5.74, 6) is 0.424. The summed E-state index contributed by atoms with van der Waals surface area (Å²) in [6, 6.07) is 10.1. The molecule has 0 unspecified atom stereocenters. The molecule has 2 aliphatic rings. The number of nitrogens with zero attached hydrogens (tertiary/aromatic N) is 5. The van der Waals surface area contributed by atoms with Crippen molar-refractivity contribution in [3.05, 3.63) is 59.5 Å². The van der Waals surface area contributed by atoms with Crippen molar-refractivity contribution < 1.29 is 4.79 Å². The number of likely N-dealkylation sites (N-methyl/N-ethyl adjacent to an activating group) is 1. The van der Waals surface area contributed by atoms with E-state index in [2.05, 4.69) is 44.0 Å². The minimum atomic E-state index is 0.0698. The van der Waals surface area contributed by atoms with Gasteiger partial charge in [-0.15, -0.1) is 0 Å². The number of halogens is 1. The lowest BCUT2D eigenvalue weighted by Crippen LogP contribution is -2.49. The first kappa shape index (κ1) is 23.1. The molecule has 180 valence electrons. The molecule has 5 rings (SSSR count). The third-order valence-corrected chi connectivity index (χ3v) is 7.52. The van der Waals surface area contributed by atoms with E-state index in [4.69, 9.17) is 11.6 Å². The summed E-state index contributed by atoms with van der Waals surface area (Å²) in [7, 11) is 2.16. The number of amides is 2. The number of fused-ring (bicyclic) bond motifs is 1. The number of carbonyl (C=O) groups excluding carboxylic acids is 1. The fourth-order valence-corrected chi connectivity index (χ4v) is 5.26. The Hall–Kier alpha value is -2.61. The number of piperazine rings is 1. The summed E-state index contributed by atoms with van der Waals surface area (Å²) in [6.45, 7) is 7.57. The van der Waals surface area contributed by atoms with Gasteiger partial charge in [0.2, 0.25) is 0 Å². The Morgan fingerprint density at radius 2 is 1.79 bits per heavy atom. The number of pyridine rings is 1. The standard InChI is InChI=1S/C26H33ClN6O/c1-30-14-16-31(17-15-30)13-10-29-26(34)32-11-7-20(8-12-32)24-19-33(22-4-2-21(27)3-5-22)25-18-28-9-6-23(24)25/h2-6,9,18-20H,7-8,10-17H2,1H3,(H,29,34). The summed E-state index contributed by atoms with van der Waals surface area (Å²) in [5.41, 5.74) is 3.51. The molecule has 2 aliphatic heterocycles. The fraction of sp³-hybridized carbons (Fsp3) is 0.462. The molecule has 4 heterocycles. The molecule has 0 spiro atoms. The van der Waals surface area contributed by atoms with Crippen molar-refractivity contribution in [2.45, 2.75) is 18.8 Å². The highest BCUT2D eigenvalue weighted by molar-refractivity contribution is 6.30. The molecular formula is C26H33ClN6O. The first-order valence-corrected chi connectivity index (χ1v) is 12.6. The average Bonchev–Trinajstić information content (AvgIpc) is 3.25. The zero-order valence-electron chi connectivity index (χ0n) is 19.8. The van der Waals surface area contributed by atoms with Crippen LogP contribution in [-0.4, -0.2) is 89.7 Å². The van der Waals surface area contributed by atoms with Gasteiger partial charge >= 0.3 is 6.03 Å². The monoisotopic (exact) mass is 480 g/mol. The third-order valence-electron chi connectivity index (χ3n) is 7.27. The Bertz CT molecular complexity index is 1110. The molecule has 7 nitrogen and oxygen atoms in total. The van der Waals surface area contributed by atoms with Crippen molar-refractivity contribution in [3.8, 4) is 5.69 Å². The summed E-state index contributed by atoms with van der Waals surface area (Å²) < 4.78 is 2.20. The van der Waals surface area contributed by atoms with Crippen LogP contribution in [0, 0.1) is 0 Å². The van der Waals surface area contributed by atoms with Crippen molar-refractivity contribution in [2.24, 2.45) is 0 Å². The van der Waals surface area contributed by atoms with Crippen molar-refractivity contribution in [1.82, 2.24) is 29.6 Å². The number of piperidine rings is 1. The molecular weight excluding hydrogens is 448 g/mol. The minimum Gasteiger partial charge on any atom is -0.337 e. The summed E-state index contributed by atoms with van der Waals surface area (Å²) >= 11 is 6.10. The van der Waals surface area contributed by atoms with Gasteiger partial charge in [-0.05, 0) is 61.7 Å². The smallest absolute Gasteiger partial charge is 0.317 e. The molecule has 1 N–H and O–H groups in total. The molecule has 2 amide bonds. The number of urea groups is 1. The Morgan fingerprint density at radius 1 is 1.06 bits per heavy atom. The number of rotatable bonds is 5. The Kier molecular flexibility index (Phi) is 7.04. The number of hydrogen-bond donors (Lipinski definition) is 1. The van der Waals surface area contributed by atoms with E-state index in [1.54, 1.807) is 0 Å². The van der Waals surface area contributed by atoms with Crippen LogP contribution in [0.4, 0.5) is 4.79 Å². The lowest BCUT2D eigenvalue weighted by Gasteiger charge is -2.34. The number of nitrogens with one attached hydrogen (secondary N) is 1. The van der Waals surface area contributed by atoms with Gasteiger partial charge in [0.05, 0.1) is 11.7 Å². The topological polar surface area (TPSA) is 56.6 Å². The number of hydrogen-bond acceptors (Lipinski definition) is 4. The summed E-state index contributed by atoms with van der Waals surface area (Å²) in [4.78, 5) is 23.8. The molecule has 0 saturated carbocycles. The van der Waals surface area contributed by atoms with Gasteiger partial charge in [0.25, 0.3) is 0 Å². The second-order valence-electron chi connectivity index (χ2n) is 9.46. The van der Waals surface area contributed by atoms with Gasteiger partial charge in [-0.25, -0.2) is 4.79 Å². The first-order chi connectivity index (χ1) is 16.6. The van der Waals surface area contributed by atoms with E-state index in [0.29, 0.717) is 12.5 Å². The number of benzene rings is 1. The fourth-order valence-electron chi connectivity index (χ4n) is 5.14. The Morgan fingerprint density at radius 3 is 2.53 bits per heavy atom. The maximum Gasteiger partial charge on any atom is 0.317 e. The van der Waals surface area contributed by atoms with Crippen LogP contribution in [0.2, 0.25) is 5.02 Å². The SMILES string of the molecule is CN1CCN(CCNC(=O)N2CCC(c3cn(-c4ccc(Cl)cc4)c4cnccc34)CC2)CC1. The zero-order valence-corrected chi connectivity index (χ0v) is 20.5. The lowest BCUT2D eigenvalue weighted by molar-refractivity contribution is 0.151. The molecule has 1 aromatic carbocycles. The van der Waals surface area contributed by atoms with Crippen LogP contribution in [-0.2, 0) is 0 Å². The van der Waals surface area contributed by atoms with Gasteiger partial charge in [0.1, 0.15) is 0 Å². The van der Waals surface area contributed by atoms with Crippen molar-refractivity contribution >= 4 is 28.5 Å². The van der Waals surface area contributed by atoms with Crippen LogP contribution >= 0.6 is 11.6 Å². The summed E-state index contributed by atoms with van der Waals surface area (Å²) in [6.07, 6.45) is 7.96. The van der Waals surface area contributed by atoms with E-state index in [1.807, 2.05) is 41.6 Å². The molecule has 0 aliphatic carbocycles. The number of carbonyl (C=O) groups is 1. The number of aromatic nitrogens is 2. The molecule has 2 saturated heterocycles. The molecule has 0 atom stereocenters. The second kappa shape index (κ2) is 10.3. The maximum absolute atomic E-state index is 12.7. The zero-order chi connectivity index (χ0) is 23.5. The van der Waals surface area contributed by atoms with E-state index >= 15 is 0 Å². The predicted octanol–water partition coefficient (Wildman–Crippen LogP) is 3.82. The van der Waals surface area contributed by atoms with Crippen molar-refractivity contribution in [2.75, 3.05) is 59.4 Å². The van der Waals surface area contributed by atoms with Gasteiger partial charge in [-0.1, -0.05) is 11.6 Å². The highest BCUT2D eigenvalue weighted by atomic mass is 35.5. The van der Waals surface area contributed by atoms with Crippen LogP contribution in [0.15, 0.2) is 48.9 Å². The Labute approximate surface area is 206 Å². The Balaban J connectivity index is 1.20. The van der Waals surface area contributed by atoms with E-state index in [0.717, 1.165) is 74.9 Å². The molecule has 0 bridgehead atoms. The van der Waals surface area contributed by atoms with Crippen LogP contribution in [0.5, 0.6) is 0 Å². The summed E-state index contributed by atoms with van der Waals surface area (Å²) in [5, 5.41) is 5.10. The van der Waals surface area contributed by atoms with E-state index in [1.165, 1.54) is 10.9 Å². The van der Waals surface area contributed by atoms with Gasteiger partial charge in [0.15, 0.2) is 0 Å². The molecule has 0 radical (unpaired) electrons. The minimum absolute atomic E-state index is 0.0698. The predicted molar refractivity (Wildman–Crippen MR) is 137 cm³/mol. The van der Waals surface area contributed by atoms with Gasteiger partial charge in [0, 0.05) is 80.8 Å². The second-order valence-corrected chi connectivity index (χ2v) is 9.90. The first-order valence-electron chi connectivity index (χ1n) is 12.2. The molecule has 2 fully saturated rings. The molecule has 3 aromatic rings. The number of likely N-dealkylation sites (tertiary alicyclic amines) is 1. The molecule has 34 heavy (non-hydrogen) atoms. The molecule has 2 aromatic heterocycles.